The summed E-state index contributed by atoms with van der Waals surface area (Å²) in [5.41, 5.74) is 6.53. The van der Waals surface area contributed by atoms with Crippen LogP contribution in [0.4, 0.5) is 0 Å². The third-order valence-corrected chi connectivity index (χ3v) is 3.92. The largest absolute Gasteiger partial charge is 0.273 e. The maximum Gasteiger partial charge on any atom is 0.269 e. The standard InChI is InChI=1S/C14H19IN2O2/c1-3-4-5-6-13(18)16-17-14(19)11-8-7-10(2)12(15)9-11/h7-9H,3-6H2,1-2H3,(H,16,18)(H,17,19). The predicted molar refractivity (Wildman–Crippen MR) is 83.6 cm³/mol. The van der Waals surface area contributed by atoms with Gasteiger partial charge in [0, 0.05) is 15.6 Å². The van der Waals surface area contributed by atoms with Crippen molar-refractivity contribution in [3.05, 3.63) is 32.9 Å². The van der Waals surface area contributed by atoms with Crippen LogP contribution in [0.5, 0.6) is 0 Å². The number of aryl methyl sites for hydroxylation is 1. The molecule has 0 heterocycles. The van der Waals surface area contributed by atoms with Crippen molar-refractivity contribution in [3.8, 4) is 0 Å². The zero-order chi connectivity index (χ0) is 14.3. The van der Waals surface area contributed by atoms with Gasteiger partial charge in [0.1, 0.15) is 0 Å². The zero-order valence-electron chi connectivity index (χ0n) is 11.3. The number of halogens is 1. The Balaban J connectivity index is 2.42. The molecule has 104 valence electrons. The summed E-state index contributed by atoms with van der Waals surface area (Å²) in [7, 11) is 0. The second-order valence-electron chi connectivity index (χ2n) is 4.42. The van der Waals surface area contributed by atoms with E-state index >= 15 is 0 Å². The quantitative estimate of drug-likeness (QED) is 0.473. The summed E-state index contributed by atoms with van der Waals surface area (Å²) >= 11 is 2.18. The van der Waals surface area contributed by atoms with Crippen molar-refractivity contribution in [3.63, 3.8) is 0 Å². The molecule has 0 bridgehead atoms. The van der Waals surface area contributed by atoms with E-state index in [1.54, 1.807) is 12.1 Å². The van der Waals surface area contributed by atoms with E-state index in [1.165, 1.54) is 0 Å². The smallest absolute Gasteiger partial charge is 0.269 e. The highest BCUT2D eigenvalue weighted by Gasteiger charge is 2.08. The van der Waals surface area contributed by atoms with E-state index in [4.69, 9.17) is 0 Å². The Morgan fingerprint density at radius 3 is 2.58 bits per heavy atom. The molecular weight excluding hydrogens is 355 g/mol. The van der Waals surface area contributed by atoms with Gasteiger partial charge in [0.05, 0.1) is 0 Å². The topological polar surface area (TPSA) is 58.2 Å². The molecule has 0 saturated carbocycles. The molecule has 1 aromatic rings. The Bertz CT molecular complexity index is 461. The summed E-state index contributed by atoms with van der Waals surface area (Å²) in [4.78, 5) is 23.3. The molecule has 0 aliphatic rings. The number of hydrazine groups is 1. The van der Waals surface area contributed by atoms with Gasteiger partial charge in [-0.3, -0.25) is 20.4 Å². The van der Waals surface area contributed by atoms with Gasteiger partial charge in [-0.1, -0.05) is 25.8 Å². The maximum atomic E-state index is 11.8. The molecule has 0 aromatic heterocycles. The van der Waals surface area contributed by atoms with Gasteiger partial charge in [-0.25, -0.2) is 0 Å². The first-order valence-electron chi connectivity index (χ1n) is 6.40. The van der Waals surface area contributed by atoms with Gasteiger partial charge in [-0.2, -0.15) is 0 Å². The number of hydrogen-bond donors (Lipinski definition) is 2. The van der Waals surface area contributed by atoms with Crippen molar-refractivity contribution >= 4 is 34.4 Å². The summed E-state index contributed by atoms with van der Waals surface area (Å²) in [5.74, 6) is -0.439. The highest BCUT2D eigenvalue weighted by molar-refractivity contribution is 14.1. The molecule has 0 unspecified atom stereocenters. The third kappa shape index (κ3) is 5.59. The van der Waals surface area contributed by atoms with Crippen molar-refractivity contribution in [1.82, 2.24) is 10.9 Å². The van der Waals surface area contributed by atoms with E-state index in [9.17, 15) is 9.59 Å². The van der Waals surface area contributed by atoms with Crippen molar-refractivity contribution in [2.24, 2.45) is 0 Å². The molecule has 19 heavy (non-hydrogen) atoms. The van der Waals surface area contributed by atoms with Gasteiger partial charge in [-0.15, -0.1) is 0 Å². The molecule has 0 atom stereocenters. The molecule has 0 fully saturated rings. The zero-order valence-corrected chi connectivity index (χ0v) is 13.4. The number of hydrogen-bond acceptors (Lipinski definition) is 2. The summed E-state index contributed by atoms with van der Waals surface area (Å²) < 4.78 is 1.03. The lowest BCUT2D eigenvalue weighted by molar-refractivity contribution is -0.121. The number of rotatable bonds is 5. The molecule has 2 amide bonds. The van der Waals surface area contributed by atoms with E-state index in [-0.39, 0.29) is 11.8 Å². The molecule has 0 radical (unpaired) electrons. The fraction of sp³-hybridized carbons (Fsp3) is 0.429. The minimum Gasteiger partial charge on any atom is -0.273 e. The maximum absolute atomic E-state index is 11.8. The summed E-state index contributed by atoms with van der Waals surface area (Å²) in [6.07, 6.45) is 3.39. The van der Waals surface area contributed by atoms with Crippen molar-refractivity contribution in [2.45, 2.75) is 39.5 Å². The second-order valence-corrected chi connectivity index (χ2v) is 5.59. The number of amides is 2. The Kier molecular flexibility index (Phi) is 6.83. The second kappa shape index (κ2) is 8.14. The molecule has 2 N–H and O–H groups in total. The molecule has 0 aliphatic carbocycles. The number of carbonyl (C=O) groups excluding carboxylic acids is 2. The Morgan fingerprint density at radius 2 is 1.95 bits per heavy atom. The van der Waals surface area contributed by atoms with Crippen LogP contribution in [0.2, 0.25) is 0 Å². The van der Waals surface area contributed by atoms with Crippen LogP contribution in [0.25, 0.3) is 0 Å². The molecule has 1 rings (SSSR count). The van der Waals surface area contributed by atoms with E-state index in [0.717, 1.165) is 28.4 Å². The van der Waals surface area contributed by atoms with Crippen LogP contribution >= 0.6 is 22.6 Å². The molecule has 4 nitrogen and oxygen atoms in total. The van der Waals surface area contributed by atoms with Crippen LogP contribution in [0.1, 0.15) is 48.5 Å². The van der Waals surface area contributed by atoms with Gasteiger partial charge in [0.25, 0.3) is 5.91 Å². The minimum absolute atomic E-state index is 0.149. The van der Waals surface area contributed by atoms with Crippen LogP contribution in [-0.4, -0.2) is 11.8 Å². The monoisotopic (exact) mass is 374 g/mol. The van der Waals surface area contributed by atoms with Crippen molar-refractivity contribution in [2.75, 3.05) is 0 Å². The fourth-order valence-corrected chi connectivity index (χ4v) is 2.05. The molecule has 0 saturated heterocycles. The molecular formula is C14H19IN2O2. The summed E-state index contributed by atoms with van der Waals surface area (Å²) in [5, 5.41) is 0. The van der Waals surface area contributed by atoms with E-state index in [2.05, 4.69) is 40.4 Å². The van der Waals surface area contributed by atoms with Gasteiger partial charge >= 0.3 is 0 Å². The van der Waals surface area contributed by atoms with Crippen LogP contribution < -0.4 is 10.9 Å². The number of unbranched alkanes of at least 4 members (excludes halogenated alkanes) is 2. The minimum atomic E-state index is -0.290. The summed E-state index contributed by atoms with van der Waals surface area (Å²) in [6.45, 7) is 4.07. The SMILES string of the molecule is CCCCCC(=O)NNC(=O)c1ccc(C)c(I)c1. The molecule has 5 heteroatoms. The lowest BCUT2D eigenvalue weighted by atomic mass is 10.1. The Hall–Kier alpha value is -1.11. The van der Waals surface area contributed by atoms with E-state index < -0.39 is 0 Å². The van der Waals surface area contributed by atoms with E-state index in [1.807, 2.05) is 13.0 Å². The first-order chi connectivity index (χ1) is 9.04. The highest BCUT2D eigenvalue weighted by Crippen LogP contribution is 2.13. The number of nitrogens with one attached hydrogen (secondary N) is 2. The van der Waals surface area contributed by atoms with Gasteiger partial charge in [-0.05, 0) is 53.6 Å². The average Bonchev–Trinajstić information content (AvgIpc) is 2.39. The number of benzene rings is 1. The lowest BCUT2D eigenvalue weighted by Crippen LogP contribution is -2.41. The summed E-state index contributed by atoms with van der Waals surface area (Å²) in [6, 6.07) is 5.43. The Morgan fingerprint density at radius 1 is 1.21 bits per heavy atom. The van der Waals surface area contributed by atoms with E-state index in [0.29, 0.717) is 12.0 Å². The van der Waals surface area contributed by atoms with Crippen LogP contribution in [-0.2, 0) is 4.79 Å². The molecule has 0 spiro atoms. The average molecular weight is 374 g/mol. The van der Waals surface area contributed by atoms with Crippen molar-refractivity contribution < 1.29 is 9.59 Å². The molecule has 1 aromatic carbocycles. The first kappa shape index (κ1) is 15.9. The van der Waals surface area contributed by atoms with Gasteiger partial charge < -0.3 is 0 Å². The van der Waals surface area contributed by atoms with Crippen LogP contribution in [0.3, 0.4) is 0 Å². The van der Waals surface area contributed by atoms with Gasteiger partial charge in [0.2, 0.25) is 5.91 Å². The fourth-order valence-electron chi connectivity index (χ4n) is 1.53. The van der Waals surface area contributed by atoms with Crippen LogP contribution in [0.15, 0.2) is 18.2 Å². The van der Waals surface area contributed by atoms with Crippen molar-refractivity contribution in [1.29, 1.82) is 0 Å². The predicted octanol–water partition coefficient (Wildman–Crippen LogP) is 2.94. The first-order valence-corrected chi connectivity index (χ1v) is 7.47. The van der Waals surface area contributed by atoms with Crippen LogP contribution in [0, 0.1) is 10.5 Å². The molecule has 0 aliphatic heterocycles. The normalized spacial score (nSPS) is 10.1. The lowest BCUT2D eigenvalue weighted by Gasteiger charge is -2.08. The van der Waals surface area contributed by atoms with Gasteiger partial charge in [0.15, 0.2) is 0 Å². The Labute approximate surface area is 127 Å². The third-order valence-electron chi connectivity index (χ3n) is 2.76. The highest BCUT2D eigenvalue weighted by atomic mass is 127. The number of carbonyl (C=O) groups is 2.